The Balaban J connectivity index is 1.34. The van der Waals surface area contributed by atoms with Crippen molar-refractivity contribution >= 4 is 41.2 Å². The minimum absolute atomic E-state index is 0.000572. The fourth-order valence-corrected chi connectivity index (χ4v) is 5.98. The fourth-order valence-electron chi connectivity index (χ4n) is 5.01. The number of allylic oxidation sites excluding steroid dienone is 1. The van der Waals surface area contributed by atoms with Gasteiger partial charge in [-0.3, -0.25) is 9.59 Å². The van der Waals surface area contributed by atoms with E-state index >= 15 is 0 Å². The molecule has 1 saturated carbocycles. The standard InChI is InChI=1S/C26H32N4O4S/c1-27-24(32)20-11-9-19(10-12-20)16-30-25(33)23-21(13-15-35-23)29(26(30)34)17-22(31)28-14-5-8-18-6-3-2-4-7-18/h2-4,6-7,13,15,19-20,23H,5,8-12,14,16-17H2,1H3,(H-,27,28,31,32)/p+1. The van der Waals surface area contributed by atoms with Crippen LogP contribution in [-0.4, -0.2) is 70.9 Å². The molecular weight excluding hydrogens is 464 g/mol. The molecule has 2 aliphatic heterocycles. The Hall–Kier alpha value is -2.94. The van der Waals surface area contributed by atoms with Crippen LogP contribution in [0.25, 0.3) is 0 Å². The third-order valence-corrected chi connectivity index (χ3v) is 8.01. The lowest BCUT2D eigenvalue weighted by Gasteiger charge is -2.30. The SMILES string of the molecule is CNC(=O)C1CCC(CN2C(=O)C3SC=CC3=[N+](CC(=O)NCCCc3ccccc3)C2=O)CC1. The summed E-state index contributed by atoms with van der Waals surface area (Å²) in [6.07, 6.45) is 6.54. The minimum atomic E-state index is -0.485. The van der Waals surface area contributed by atoms with Crippen LogP contribution in [0.2, 0.25) is 0 Å². The molecule has 4 rings (SSSR count). The number of nitrogens with zero attached hydrogens (tertiary/aromatic N) is 2. The molecule has 0 bridgehead atoms. The van der Waals surface area contributed by atoms with Gasteiger partial charge in [0.1, 0.15) is 12.3 Å². The summed E-state index contributed by atoms with van der Waals surface area (Å²) in [7, 11) is 1.65. The van der Waals surface area contributed by atoms with Crippen molar-refractivity contribution in [3.05, 3.63) is 47.4 Å². The highest BCUT2D eigenvalue weighted by Crippen LogP contribution is 2.32. The van der Waals surface area contributed by atoms with Crippen molar-refractivity contribution in [1.82, 2.24) is 15.5 Å². The van der Waals surface area contributed by atoms with E-state index in [1.807, 2.05) is 23.6 Å². The first-order valence-corrected chi connectivity index (χ1v) is 13.3. The maximum Gasteiger partial charge on any atom is 0.501 e. The fraction of sp³-hybridized carbons (Fsp3) is 0.500. The van der Waals surface area contributed by atoms with Gasteiger partial charge in [0, 0.05) is 19.5 Å². The zero-order chi connectivity index (χ0) is 24.8. The van der Waals surface area contributed by atoms with Gasteiger partial charge in [-0.1, -0.05) is 30.3 Å². The smallest absolute Gasteiger partial charge is 0.359 e. The van der Waals surface area contributed by atoms with Crippen LogP contribution in [0.1, 0.15) is 37.7 Å². The molecule has 5 amide bonds. The van der Waals surface area contributed by atoms with E-state index in [-0.39, 0.29) is 36.1 Å². The zero-order valence-electron chi connectivity index (χ0n) is 20.1. The van der Waals surface area contributed by atoms with Crippen LogP contribution in [0.15, 0.2) is 41.8 Å². The second kappa shape index (κ2) is 11.7. The molecule has 2 N–H and O–H groups in total. The van der Waals surface area contributed by atoms with Crippen LogP contribution < -0.4 is 10.6 Å². The van der Waals surface area contributed by atoms with E-state index < -0.39 is 11.3 Å². The van der Waals surface area contributed by atoms with Crippen LogP contribution >= 0.6 is 11.8 Å². The van der Waals surface area contributed by atoms with Crippen molar-refractivity contribution in [2.45, 2.75) is 43.8 Å². The highest BCUT2D eigenvalue weighted by Gasteiger charge is 2.50. The number of urea groups is 1. The molecule has 1 aliphatic carbocycles. The van der Waals surface area contributed by atoms with Gasteiger partial charge in [0.05, 0.1) is 0 Å². The summed E-state index contributed by atoms with van der Waals surface area (Å²) in [6.45, 7) is 0.752. The van der Waals surface area contributed by atoms with E-state index in [2.05, 4.69) is 22.8 Å². The molecule has 1 fully saturated rings. The molecule has 1 unspecified atom stereocenters. The first-order valence-electron chi connectivity index (χ1n) is 12.3. The number of benzene rings is 1. The van der Waals surface area contributed by atoms with Crippen LogP contribution in [0.5, 0.6) is 0 Å². The summed E-state index contributed by atoms with van der Waals surface area (Å²) >= 11 is 1.37. The Morgan fingerprint density at radius 2 is 1.86 bits per heavy atom. The Morgan fingerprint density at radius 1 is 1.11 bits per heavy atom. The van der Waals surface area contributed by atoms with Crippen molar-refractivity contribution in [1.29, 1.82) is 0 Å². The number of imide groups is 1. The first-order chi connectivity index (χ1) is 17.0. The number of carbonyl (C=O) groups excluding carboxylic acids is 4. The van der Waals surface area contributed by atoms with Gasteiger partial charge in [0.2, 0.25) is 5.91 Å². The zero-order valence-corrected chi connectivity index (χ0v) is 20.9. The van der Waals surface area contributed by atoms with E-state index in [9.17, 15) is 19.2 Å². The number of carbonyl (C=O) groups is 4. The second-order valence-corrected chi connectivity index (χ2v) is 10.3. The maximum atomic E-state index is 13.3. The third kappa shape index (κ3) is 6.01. The number of rotatable bonds is 9. The molecule has 1 aromatic rings. The summed E-state index contributed by atoms with van der Waals surface area (Å²) in [5, 5.41) is 6.94. The number of fused-ring (bicyclic) bond motifs is 1. The molecule has 0 spiro atoms. The minimum Gasteiger partial charge on any atom is -0.359 e. The summed E-state index contributed by atoms with van der Waals surface area (Å²) < 4.78 is 1.45. The number of aryl methyl sites for hydroxylation is 1. The van der Waals surface area contributed by atoms with Crippen molar-refractivity contribution in [2.75, 3.05) is 26.7 Å². The Labute approximate surface area is 210 Å². The van der Waals surface area contributed by atoms with Crippen LogP contribution in [-0.2, 0) is 20.8 Å². The highest BCUT2D eigenvalue weighted by molar-refractivity contribution is 8.04. The van der Waals surface area contributed by atoms with Gasteiger partial charge in [0.25, 0.3) is 5.91 Å². The molecule has 2 heterocycles. The van der Waals surface area contributed by atoms with Crippen molar-refractivity contribution in [2.24, 2.45) is 11.8 Å². The van der Waals surface area contributed by atoms with E-state index in [1.54, 1.807) is 13.1 Å². The van der Waals surface area contributed by atoms with E-state index in [0.29, 0.717) is 18.8 Å². The normalized spacial score (nSPS) is 23.9. The van der Waals surface area contributed by atoms with Crippen molar-refractivity contribution in [3.8, 4) is 0 Å². The van der Waals surface area contributed by atoms with Gasteiger partial charge in [0.15, 0.2) is 11.8 Å². The van der Waals surface area contributed by atoms with Gasteiger partial charge in [-0.05, 0) is 61.5 Å². The molecule has 1 atom stereocenters. The molecule has 35 heavy (non-hydrogen) atoms. The molecule has 8 nitrogen and oxygen atoms in total. The van der Waals surface area contributed by atoms with E-state index in [4.69, 9.17) is 0 Å². The largest absolute Gasteiger partial charge is 0.501 e. The topological polar surface area (TPSA) is 98.6 Å². The highest BCUT2D eigenvalue weighted by atomic mass is 32.2. The second-order valence-electron chi connectivity index (χ2n) is 9.33. The van der Waals surface area contributed by atoms with Gasteiger partial charge < -0.3 is 10.6 Å². The van der Waals surface area contributed by atoms with Gasteiger partial charge in [-0.2, -0.15) is 14.3 Å². The Bertz CT molecular complexity index is 1030. The van der Waals surface area contributed by atoms with Crippen LogP contribution in [0.3, 0.4) is 0 Å². The Kier molecular flexibility index (Phi) is 8.38. The maximum absolute atomic E-state index is 13.3. The van der Waals surface area contributed by atoms with Gasteiger partial charge in [-0.15, -0.1) is 11.8 Å². The summed E-state index contributed by atoms with van der Waals surface area (Å²) in [6, 6.07) is 9.67. The summed E-state index contributed by atoms with van der Waals surface area (Å²) in [4.78, 5) is 52.4. The summed E-state index contributed by atoms with van der Waals surface area (Å²) in [5.74, 6) is -0.225. The lowest BCUT2D eigenvalue weighted by molar-refractivity contribution is -0.426. The molecule has 0 saturated heterocycles. The predicted molar refractivity (Wildman–Crippen MR) is 135 cm³/mol. The van der Waals surface area contributed by atoms with Crippen molar-refractivity contribution in [3.63, 3.8) is 0 Å². The lowest BCUT2D eigenvalue weighted by atomic mass is 9.81. The quantitative estimate of drug-likeness (QED) is 0.403. The molecule has 186 valence electrons. The number of hydrogen-bond acceptors (Lipinski definition) is 5. The third-order valence-electron chi connectivity index (χ3n) is 7.00. The molecule has 1 aromatic carbocycles. The number of thioether (sulfide) groups is 1. The van der Waals surface area contributed by atoms with Crippen molar-refractivity contribution < 1.29 is 23.8 Å². The average molecular weight is 498 g/mol. The Morgan fingerprint density at radius 3 is 2.57 bits per heavy atom. The first kappa shape index (κ1) is 25.2. The summed E-state index contributed by atoms with van der Waals surface area (Å²) in [5.41, 5.74) is 1.81. The number of nitrogens with one attached hydrogen (secondary N) is 2. The molecule has 3 aliphatic rings. The average Bonchev–Trinajstić information content (AvgIpc) is 3.38. The van der Waals surface area contributed by atoms with Gasteiger partial charge in [-0.25, -0.2) is 4.79 Å². The predicted octanol–water partition coefficient (Wildman–Crippen LogP) is 2.33. The lowest BCUT2D eigenvalue weighted by Crippen LogP contribution is -2.57. The van der Waals surface area contributed by atoms with E-state index in [0.717, 1.165) is 38.5 Å². The van der Waals surface area contributed by atoms with Crippen LogP contribution in [0.4, 0.5) is 4.79 Å². The number of amides is 5. The van der Waals surface area contributed by atoms with E-state index in [1.165, 1.54) is 26.8 Å². The molecular formula is C26H33N4O4S+. The van der Waals surface area contributed by atoms with Crippen LogP contribution in [0, 0.1) is 11.8 Å². The monoisotopic (exact) mass is 497 g/mol. The molecule has 0 radical (unpaired) electrons. The molecule has 9 heteroatoms. The van der Waals surface area contributed by atoms with Gasteiger partial charge >= 0.3 is 11.9 Å². The molecule has 0 aromatic heterocycles. The number of hydrogen-bond donors (Lipinski definition) is 2.